The van der Waals surface area contributed by atoms with Crippen LogP contribution in [0.3, 0.4) is 0 Å². The third-order valence-corrected chi connectivity index (χ3v) is 3.14. The normalized spacial score (nSPS) is 11.6. The lowest BCUT2D eigenvalue weighted by Gasteiger charge is -2.11. The maximum Gasteiger partial charge on any atom is 0.573 e. The second-order valence-corrected chi connectivity index (χ2v) is 4.82. The van der Waals surface area contributed by atoms with Crippen molar-refractivity contribution < 1.29 is 27.4 Å². The van der Waals surface area contributed by atoms with E-state index in [0.29, 0.717) is 5.75 Å². The molecule has 2 rings (SSSR count). The number of benzene rings is 2. The van der Waals surface area contributed by atoms with Crippen molar-refractivity contribution in [2.75, 3.05) is 7.11 Å². The summed E-state index contributed by atoms with van der Waals surface area (Å²) in [7, 11) is 1.43. The van der Waals surface area contributed by atoms with Gasteiger partial charge in [-0.05, 0) is 24.3 Å². The van der Waals surface area contributed by atoms with E-state index >= 15 is 0 Å². The molecule has 4 nitrogen and oxygen atoms in total. The van der Waals surface area contributed by atoms with Crippen LogP contribution in [0.4, 0.5) is 13.2 Å². The lowest BCUT2D eigenvalue weighted by Crippen LogP contribution is -2.17. The molecule has 0 aliphatic heterocycles. The van der Waals surface area contributed by atoms with Gasteiger partial charge in [0.25, 0.3) is 0 Å². The van der Waals surface area contributed by atoms with E-state index in [1.165, 1.54) is 37.4 Å². The molecule has 25 heavy (non-hydrogen) atoms. The third kappa shape index (κ3) is 4.85. The van der Waals surface area contributed by atoms with Crippen LogP contribution in [0.5, 0.6) is 11.5 Å². The van der Waals surface area contributed by atoms with Crippen molar-refractivity contribution in [3.8, 4) is 17.6 Å². The number of para-hydroxylation sites is 1. The van der Waals surface area contributed by atoms with E-state index in [9.17, 15) is 23.2 Å². The number of carbonyl (C=O) groups is 1. The molecule has 0 unspecified atom stereocenters. The lowest BCUT2D eigenvalue weighted by atomic mass is 10.0. The Morgan fingerprint density at radius 2 is 1.88 bits per heavy atom. The molecule has 0 aromatic heterocycles. The molecule has 0 aliphatic rings. The number of allylic oxidation sites excluding steroid dienone is 1. The number of Topliss-reactive ketones (excluding diaryl/α,β-unsaturated/α-hetero) is 1. The van der Waals surface area contributed by atoms with Gasteiger partial charge in [0.1, 0.15) is 23.1 Å². The first-order valence-electron chi connectivity index (χ1n) is 6.99. The van der Waals surface area contributed by atoms with E-state index < -0.39 is 17.9 Å². The molecule has 0 aliphatic carbocycles. The molecule has 0 radical (unpaired) electrons. The summed E-state index contributed by atoms with van der Waals surface area (Å²) in [6, 6.07) is 13.1. The second kappa shape index (κ2) is 7.53. The Bertz CT molecular complexity index is 851. The molecule has 0 atom stereocenters. The van der Waals surface area contributed by atoms with Gasteiger partial charge in [0.15, 0.2) is 0 Å². The molecule has 0 saturated heterocycles. The largest absolute Gasteiger partial charge is 0.573 e. The molecule has 0 bridgehead atoms. The zero-order chi connectivity index (χ0) is 18.4. The molecule has 2 aromatic rings. The topological polar surface area (TPSA) is 59.3 Å². The molecule has 0 spiro atoms. The first-order chi connectivity index (χ1) is 11.8. The van der Waals surface area contributed by atoms with Crippen LogP contribution in [0.2, 0.25) is 0 Å². The molecule has 0 saturated carbocycles. The average molecular weight is 347 g/mol. The Hall–Kier alpha value is -3.27. The predicted octanol–water partition coefficient (Wildman–Crippen LogP) is 4.38. The van der Waals surface area contributed by atoms with Crippen molar-refractivity contribution in [2.24, 2.45) is 0 Å². The quantitative estimate of drug-likeness (QED) is 0.457. The van der Waals surface area contributed by atoms with E-state index in [4.69, 9.17) is 4.74 Å². The summed E-state index contributed by atoms with van der Waals surface area (Å²) in [5.41, 5.74) is -0.180. The van der Waals surface area contributed by atoms with Crippen molar-refractivity contribution in [2.45, 2.75) is 6.36 Å². The summed E-state index contributed by atoms with van der Waals surface area (Å²) in [6.07, 6.45) is -3.82. The van der Waals surface area contributed by atoms with Gasteiger partial charge in [-0.3, -0.25) is 4.79 Å². The molecule has 128 valence electrons. The monoisotopic (exact) mass is 347 g/mol. The second-order valence-electron chi connectivity index (χ2n) is 4.82. The van der Waals surface area contributed by atoms with E-state index in [0.717, 1.165) is 12.1 Å². The van der Waals surface area contributed by atoms with Crippen molar-refractivity contribution >= 4 is 11.9 Å². The van der Waals surface area contributed by atoms with Gasteiger partial charge in [-0.25, -0.2) is 0 Å². The van der Waals surface area contributed by atoms with E-state index in [1.807, 2.05) is 0 Å². The Balaban J connectivity index is 2.41. The highest BCUT2D eigenvalue weighted by Crippen LogP contribution is 2.28. The van der Waals surface area contributed by atoms with Crippen LogP contribution >= 0.6 is 0 Å². The van der Waals surface area contributed by atoms with Crippen LogP contribution in [0, 0.1) is 11.3 Å². The fraction of sp³-hybridized carbons (Fsp3) is 0.111. The Labute approximate surface area is 141 Å². The van der Waals surface area contributed by atoms with E-state index in [-0.39, 0.29) is 16.7 Å². The summed E-state index contributed by atoms with van der Waals surface area (Å²) < 4.78 is 46.3. The molecule has 7 heteroatoms. The summed E-state index contributed by atoms with van der Waals surface area (Å²) in [4.78, 5) is 12.4. The van der Waals surface area contributed by atoms with Crippen molar-refractivity contribution in [1.82, 2.24) is 0 Å². The highest BCUT2D eigenvalue weighted by Gasteiger charge is 2.31. The van der Waals surface area contributed by atoms with Crippen LogP contribution < -0.4 is 9.47 Å². The minimum atomic E-state index is -4.88. The smallest absolute Gasteiger partial charge is 0.497 e. The molecule has 0 fully saturated rings. The number of ketones is 1. The average Bonchev–Trinajstić information content (AvgIpc) is 2.59. The van der Waals surface area contributed by atoms with Crippen molar-refractivity contribution in [3.05, 3.63) is 65.2 Å². The number of hydrogen-bond acceptors (Lipinski definition) is 4. The standard InChI is InChI=1S/C18H12F3NO3/c1-24-15-7-4-6-13(10-15)17(23)14(11-22)9-12-5-2-3-8-16(12)25-18(19,20)21/h2-10H,1H3/b14-9+. The van der Waals surface area contributed by atoms with Crippen LogP contribution in [0.25, 0.3) is 6.08 Å². The lowest BCUT2D eigenvalue weighted by molar-refractivity contribution is -0.274. The fourth-order valence-electron chi connectivity index (χ4n) is 2.04. The van der Waals surface area contributed by atoms with E-state index in [2.05, 4.69) is 4.74 Å². The first kappa shape index (κ1) is 18.1. The summed E-state index contributed by atoms with van der Waals surface area (Å²) >= 11 is 0. The minimum Gasteiger partial charge on any atom is -0.497 e. The van der Waals surface area contributed by atoms with Gasteiger partial charge in [-0.1, -0.05) is 30.3 Å². The van der Waals surface area contributed by atoms with E-state index in [1.54, 1.807) is 18.2 Å². The summed E-state index contributed by atoms with van der Waals surface area (Å²) in [5, 5.41) is 9.24. The highest BCUT2D eigenvalue weighted by molar-refractivity contribution is 6.14. The predicted molar refractivity (Wildman–Crippen MR) is 84.0 cm³/mol. The Morgan fingerprint density at radius 3 is 2.52 bits per heavy atom. The third-order valence-electron chi connectivity index (χ3n) is 3.14. The maximum absolute atomic E-state index is 12.5. The Morgan fingerprint density at radius 1 is 1.16 bits per heavy atom. The molecular weight excluding hydrogens is 335 g/mol. The maximum atomic E-state index is 12.5. The molecule has 0 amide bonds. The van der Waals surface area contributed by atoms with Crippen LogP contribution in [0.15, 0.2) is 54.1 Å². The van der Waals surface area contributed by atoms with Crippen LogP contribution in [0.1, 0.15) is 15.9 Å². The van der Waals surface area contributed by atoms with Gasteiger partial charge in [-0.15, -0.1) is 13.2 Å². The van der Waals surface area contributed by atoms with Gasteiger partial charge >= 0.3 is 6.36 Å². The Kier molecular flexibility index (Phi) is 5.45. The number of hydrogen-bond donors (Lipinski definition) is 0. The van der Waals surface area contributed by atoms with Crippen LogP contribution in [-0.2, 0) is 0 Å². The van der Waals surface area contributed by atoms with Gasteiger partial charge in [0.2, 0.25) is 5.78 Å². The minimum absolute atomic E-state index is 0.0346. The number of methoxy groups -OCH3 is 1. The number of nitriles is 1. The molecule has 0 heterocycles. The summed E-state index contributed by atoms with van der Waals surface area (Å²) in [5.74, 6) is -0.714. The molecular formula is C18H12F3NO3. The van der Waals surface area contributed by atoms with Gasteiger partial charge in [-0.2, -0.15) is 5.26 Å². The number of alkyl halides is 3. The summed E-state index contributed by atoms with van der Waals surface area (Å²) in [6.45, 7) is 0. The number of nitrogens with zero attached hydrogens (tertiary/aromatic N) is 1. The number of rotatable bonds is 5. The van der Waals surface area contributed by atoms with Crippen molar-refractivity contribution in [3.63, 3.8) is 0 Å². The number of halogens is 3. The zero-order valence-electron chi connectivity index (χ0n) is 13.0. The number of carbonyl (C=O) groups excluding carboxylic acids is 1. The van der Waals surface area contributed by atoms with Crippen molar-refractivity contribution in [1.29, 1.82) is 5.26 Å². The highest BCUT2D eigenvalue weighted by atomic mass is 19.4. The fourth-order valence-corrected chi connectivity index (χ4v) is 2.04. The number of ether oxygens (including phenoxy) is 2. The molecule has 0 N–H and O–H groups in total. The first-order valence-corrected chi connectivity index (χ1v) is 6.99. The molecule has 2 aromatic carbocycles. The SMILES string of the molecule is COc1cccc(C(=O)/C(C#N)=C/c2ccccc2OC(F)(F)F)c1. The van der Waals surface area contributed by atoms with Crippen LogP contribution in [-0.4, -0.2) is 19.3 Å². The van der Waals surface area contributed by atoms with Gasteiger partial charge in [0, 0.05) is 11.1 Å². The van der Waals surface area contributed by atoms with Gasteiger partial charge in [0.05, 0.1) is 7.11 Å². The zero-order valence-corrected chi connectivity index (χ0v) is 13.0. The van der Waals surface area contributed by atoms with Gasteiger partial charge < -0.3 is 9.47 Å².